The van der Waals surface area contributed by atoms with Gasteiger partial charge in [0.05, 0.1) is 11.8 Å². The zero-order valence-corrected chi connectivity index (χ0v) is 16.7. The zero-order chi connectivity index (χ0) is 21.6. The predicted octanol–water partition coefficient (Wildman–Crippen LogP) is 3.32. The summed E-state index contributed by atoms with van der Waals surface area (Å²) in [4.78, 5) is 16.0. The summed E-state index contributed by atoms with van der Waals surface area (Å²) in [6, 6.07) is 8.79. The Morgan fingerprint density at radius 1 is 1.13 bits per heavy atom. The van der Waals surface area contributed by atoms with Crippen molar-refractivity contribution in [2.45, 2.75) is 30.9 Å². The van der Waals surface area contributed by atoms with E-state index < -0.39 is 11.7 Å². The molecule has 0 atom stereocenters. The maximum absolute atomic E-state index is 13.1. The number of halogens is 3. The molecule has 0 unspecified atom stereocenters. The minimum Gasteiger partial charge on any atom is -0.459 e. The number of furan rings is 1. The van der Waals surface area contributed by atoms with E-state index in [9.17, 15) is 18.0 Å². The Morgan fingerprint density at radius 3 is 2.50 bits per heavy atom. The quantitative estimate of drug-likeness (QED) is 0.363. The van der Waals surface area contributed by atoms with Crippen LogP contribution in [0.2, 0.25) is 0 Å². The fourth-order valence-electron chi connectivity index (χ4n) is 3.52. The van der Waals surface area contributed by atoms with Gasteiger partial charge < -0.3 is 20.4 Å². The molecule has 1 saturated carbocycles. The molecule has 3 N–H and O–H groups in total. The molecule has 30 heavy (non-hydrogen) atoms. The van der Waals surface area contributed by atoms with Crippen molar-refractivity contribution >= 4 is 11.9 Å². The lowest BCUT2D eigenvalue weighted by Gasteiger charge is -2.43. The van der Waals surface area contributed by atoms with Gasteiger partial charge in [0.15, 0.2) is 11.7 Å². The average Bonchev–Trinajstić information content (AvgIpc) is 3.23. The van der Waals surface area contributed by atoms with Crippen LogP contribution in [0, 0.1) is 0 Å². The van der Waals surface area contributed by atoms with Gasteiger partial charge in [0.1, 0.15) is 0 Å². The highest BCUT2D eigenvalue weighted by molar-refractivity contribution is 5.91. The van der Waals surface area contributed by atoms with Crippen LogP contribution in [0.4, 0.5) is 13.2 Å². The van der Waals surface area contributed by atoms with E-state index in [1.54, 1.807) is 25.2 Å². The van der Waals surface area contributed by atoms with Crippen LogP contribution in [0.5, 0.6) is 0 Å². The van der Waals surface area contributed by atoms with E-state index in [1.807, 2.05) is 0 Å². The van der Waals surface area contributed by atoms with Crippen molar-refractivity contribution in [3.8, 4) is 0 Å². The summed E-state index contributed by atoms with van der Waals surface area (Å²) < 4.78 is 44.3. The lowest BCUT2D eigenvalue weighted by Crippen LogP contribution is -2.49. The predicted molar refractivity (Wildman–Crippen MR) is 107 cm³/mol. The van der Waals surface area contributed by atoms with Crippen LogP contribution in [0.25, 0.3) is 0 Å². The molecule has 0 bridgehead atoms. The average molecular weight is 422 g/mol. The Labute approximate surface area is 172 Å². The van der Waals surface area contributed by atoms with Crippen LogP contribution in [0.15, 0.2) is 52.1 Å². The van der Waals surface area contributed by atoms with Gasteiger partial charge in [0, 0.05) is 32.1 Å². The van der Waals surface area contributed by atoms with Crippen LogP contribution >= 0.6 is 0 Å². The lowest BCUT2D eigenvalue weighted by molar-refractivity contribution is -0.137. The standard InChI is InChI=1S/C21H25F3N4O2/c1-25-19(27-11-10-26-18(29)17-7-3-12-30-17)28-14-20(8-4-9-20)15-5-2-6-16(13-15)21(22,23)24/h2-3,5-7,12-13H,4,8-11,14H2,1H3,(H,26,29)(H2,25,27,28). The second-order valence-corrected chi connectivity index (χ2v) is 7.30. The Balaban J connectivity index is 1.51. The molecule has 9 heteroatoms. The van der Waals surface area contributed by atoms with Gasteiger partial charge in [0.25, 0.3) is 5.91 Å². The Morgan fingerprint density at radius 2 is 1.90 bits per heavy atom. The number of guanidine groups is 1. The molecular weight excluding hydrogens is 397 g/mol. The first kappa shape index (κ1) is 21.7. The van der Waals surface area contributed by atoms with Crippen LogP contribution in [-0.4, -0.2) is 38.5 Å². The number of amides is 1. The molecular formula is C21H25F3N4O2. The molecule has 1 aliphatic carbocycles. The van der Waals surface area contributed by atoms with Gasteiger partial charge in [-0.1, -0.05) is 24.6 Å². The maximum atomic E-state index is 13.1. The number of alkyl halides is 3. The number of rotatable bonds is 7. The fourth-order valence-corrected chi connectivity index (χ4v) is 3.52. The number of carbonyl (C=O) groups excluding carboxylic acids is 1. The fraction of sp³-hybridized carbons (Fsp3) is 0.429. The molecule has 0 radical (unpaired) electrons. The molecule has 0 spiro atoms. The summed E-state index contributed by atoms with van der Waals surface area (Å²) in [6.45, 7) is 1.27. The maximum Gasteiger partial charge on any atom is 0.416 e. The van der Waals surface area contributed by atoms with Crippen molar-refractivity contribution in [3.05, 3.63) is 59.5 Å². The topological polar surface area (TPSA) is 78.7 Å². The summed E-state index contributed by atoms with van der Waals surface area (Å²) in [7, 11) is 1.62. The van der Waals surface area contributed by atoms with Gasteiger partial charge in [-0.2, -0.15) is 13.2 Å². The highest BCUT2D eigenvalue weighted by atomic mass is 19.4. The first-order valence-electron chi connectivity index (χ1n) is 9.78. The van der Waals surface area contributed by atoms with Crippen LogP contribution in [0.1, 0.15) is 40.9 Å². The van der Waals surface area contributed by atoms with Crippen LogP contribution in [0.3, 0.4) is 0 Å². The Hall–Kier alpha value is -2.97. The Bertz CT molecular complexity index is 875. The van der Waals surface area contributed by atoms with E-state index in [0.29, 0.717) is 31.2 Å². The van der Waals surface area contributed by atoms with Gasteiger partial charge in [-0.25, -0.2) is 0 Å². The van der Waals surface area contributed by atoms with Crippen molar-refractivity contribution in [1.29, 1.82) is 0 Å². The number of hydrogen-bond acceptors (Lipinski definition) is 3. The SMILES string of the molecule is CN=C(NCCNC(=O)c1ccco1)NCC1(c2cccc(C(F)(F)F)c2)CCC1. The minimum absolute atomic E-state index is 0.241. The normalized spacial score (nSPS) is 15.9. The van der Waals surface area contributed by atoms with Crippen molar-refractivity contribution < 1.29 is 22.4 Å². The van der Waals surface area contributed by atoms with Crippen molar-refractivity contribution in [3.63, 3.8) is 0 Å². The molecule has 162 valence electrons. The molecule has 6 nitrogen and oxygen atoms in total. The number of aliphatic imine (C=N–C) groups is 1. The molecule has 1 aliphatic rings. The first-order chi connectivity index (χ1) is 14.3. The van der Waals surface area contributed by atoms with E-state index in [4.69, 9.17) is 4.42 Å². The van der Waals surface area contributed by atoms with E-state index >= 15 is 0 Å². The third kappa shape index (κ3) is 5.14. The number of nitrogens with one attached hydrogen (secondary N) is 3. The van der Waals surface area contributed by atoms with Crippen LogP contribution < -0.4 is 16.0 Å². The molecule has 0 aliphatic heterocycles. The van der Waals surface area contributed by atoms with Gasteiger partial charge >= 0.3 is 6.18 Å². The molecule has 3 rings (SSSR count). The third-order valence-corrected chi connectivity index (χ3v) is 5.38. The van der Waals surface area contributed by atoms with E-state index in [1.165, 1.54) is 18.4 Å². The molecule has 1 aromatic carbocycles. The molecule has 1 heterocycles. The number of hydrogen-bond donors (Lipinski definition) is 3. The smallest absolute Gasteiger partial charge is 0.416 e. The van der Waals surface area contributed by atoms with Gasteiger partial charge in [0.2, 0.25) is 0 Å². The van der Waals surface area contributed by atoms with Gasteiger partial charge in [-0.05, 0) is 36.6 Å². The summed E-state index contributed by atoms with van der Waals surface area (Å²) >= 11 is 0. The summed E-state index contributed by atoms with van der Waals surface area (Å²) in [6.07, 6.45) is -0.316. The molecule has 2 aromatic rings. The van der Waals surface area contributed by atoms with E-state index in [2.05, 4.69) is 20.9 Å². The second-order valence-electron chi connectivity index (χ2n) is 7.30. The Kier molecular flexibility index (Phi) is 6.69. The number of nitrogens with zero attached hydrogens (tertiary/aromatic N) is 1. The van der Waals surface area contributed by atoms with Gasteiger partial charge in [-0.15, -0.1) is 0 Å². The minimum atomic E-state index is -4.36. The molecule has 1 aromatic heterocycles. The summed E-state index contributed by atoms with van der Waals surface area (Å²) in [5.41, 5.74) is -0.273. The molecule has 0 saturated heterocycles. The second kappa shape index (κ2) is 9.23. The van der Waals surface area contributed by atoms with Crippen molar-refractivity contribution in [1.82, 2.24) is 16.0 Å². The molecule has 1 amide bonds. The van der Waals surface area contributed by atoms with E-state index in [0.717, 1.165) is 25.3 Å². The summed E-state index contributed by atoms with van der Waals surface area (Å²) in [5.74, 6) is 0.466. The molecule has 1 fully saturated rings. The number of carbonyl (C=O) groups is 1. The van der Waals surface area contributed by atoms with Crippen LogP contribution in [-0.2, 0) is 11.6 Å². The van der Waals surface area contributed by atoms with E-state index in [-0.39, 0.29) is 17.1 Å². The third-order valence-electron chi connectivity index (χ3n) is 5.38. The first-order valence-corrected chi connectivity index (χ1v) is 9.78. The highest BCUT2D eigenvalue weighted by Gasteiger charge is 2.40. The zero-order valence-electron chi connectivity index (χ0n) is 16.7. The monoisotopic (exact) mass is 422 g/mol. The largest absolute Gasteiger partial charge is 0.459 e. The van der Waals surface area contributed by atoms with Crippen molar-refractivity contribution in [2.75, 3.05) is 26.7 Å². The van der Waals surface area contributed by atoms with Crippen molar-refractivity contribution in [2.24, 2.45) is 4.99 Å². The van der Waals surface area contributed by atoms with Gasteiger partial charge in [-0.3, -0.25) is 9.79 Å². The summed E-state index contributed by atoms with van der Waals surface area (Å²) in [5, 5.41) is 9.02. The highest BCUT2D eigenvalue weighted by Crippen LogP contribution is 2.44. The lowest BCUT2D eigenvalue weighted by atomic mass is 9.64. The number of benzene rings is 1.